The smallest absolute Gasteiger partial charge is 0.00271 e. The van der Waals surface area contributed by atoms with Gasteiger partial charge in [0.1, 0.15) is 0 Å². The Hall–Kier alpha value is -0.700. The van der Waals surface area contributed by atoms with Crippen LogP contribution < -0.4 is 0 Å². The molecule has 0 amide bonds. The fourth-order valence-corrected chi connectivity index (χ4v) is 0. The minimum absolute atomic E-state index is 0. The van der Waals surface area contributed by atoms with Gasteiger partial charge in [-0.1, -0.05) is 27.0 Å². The van der Waals surface area contributed by atoms with E-state index in [1.807, 2.05) is 39.8 Å². The molecule has 0 aromatic carbocycles. The summed E-state index contributed by atoms with van der Waals surface area (Å²) in [5.41, 5.74) is 0. The van der Waals surface area contributed by atoms with Crippen molar-refractivity contribution in [1.82, 2.24) is 0 Å². The SMILES string of the molecule is C.C.CC#CC.CC=CC. The van der Waals surface area contributed by atoms with E-state index in [2.05, 4.69) is 11.8 Å². The molecule has 0 heterocycles. The Morgan fingerprint density at radius 1 is 0.800 bits per heavy atom. The van der Waals surface area contributed by atoms with Crippen molar-refractivity contribution in [2.45, 2.75) is 42.5 Å². The van der Waals surface area contributed by atoms with E-state index < -0.39 is 0 Å². The topological polar surface area (TPSA) is 0 Å². The van der Waals surface area contributed by atoms with Crippen molar-refractivity contribution < 1.29 is 0 Å². The second-order valence-electron chi connectivity index (χ2n) is 1.17. The zero-order valence-electron chi connectivity index (χ0n) is 6.15. The molecule has 0 radical (unpaired) electrons. The summed E-state index contributed by atoms with van der Waals surface area (Å²) in [5, 5.41) is 0. The van der Waals surface area contributed by atoms with E-state index >= 15 is 0 Å². The molecule has 0 spiro atoms. The predicted octanol–water partition coefficient (Wildman–Crippen LogP) is 3.88. The highest BCUT2D eigenvalue weighted by molar-refractivity contribution is 4.89. The minimum Gasteiger partial charge on any atom is -0.107 e. The average Bonchev–Trinajstić information content (AvgIpc) is 1.88. The lowest BCUT2D eigenvalue weighted by Crippen LogP contribution is -1.28. The van der Waals surface area contributed by atoms with Crippen molar-refractivity contribution in [2.75, 3.05) is 0 Å². The predicted molar refractivity (Wildman–Crippen MR) is 53.1 cm³/mol. The zero-order chi connectivity index (χ0) is 6.83. The maximum atomic E-state index is 2.68. The van der Waals surface area contributed by atoms with E-state index in [1.165, 1.54) is 0 Å². The van der Waals surface area contributed by atoms with Crippen LogP contribution >= 0.6 is 0 Å². The molecule has 0 aromatic heterocycles. The molecule has 0 fully saturated rings. The Morgan fingerprint density at radius 3 is 1.00 bits per heavy atom. The van der Waals surface area contributed by atoms with Crippen LogP contribution in [0.15, 0.2) is 12.2 Å². The Kier molecular flexibility index (Phi) is 92.6. The maximum absolute atomic E-state index is 2.68. The van der Waals surface area contributed by atoms with Gasteiger partial charge in [0.05, 0.1) is 0 Å². The Bertz CT molecular complexity index is 78.3. The second kappa shape index (κ2) is 40.6. The summed E-state index contributed by atoms with van der Waals surface area (Å²) in [6.45, 7) is 7.64. The first-order valence-electron chi connectivity index (χ1n) is 2.74. The first kappa shape index (κ1) is 22.8. The third-order valence-corrected chi connectivity index (χ3v) is 0.583. The van der Waals surface area contributed by atoms with Crippen LogP contribution in [0.3, 0.4) is 0 Å². The molecule has 0 rings (SSSR count). The van der Waals surface area contributed by atoms with E-state index in [-0.39, 0.29) is 14.9 Å². The van der Waals surface area contributed by atoms with Gasteiger partial charge in [0.15, 0.2) is 0 Å². The molecule has 0 bridgehead atoms. The summed E-state index contributed by atoms with van der Waals surface area (Å²) in [6.07, 6.45) is 4.00. The lowest BCUT2D eigenvalue weighted by molar-refractivity contribution is 1.64. The van der Waals surface area contributed by atoms with E-state index in [9.17, 15) is 0 Å². The van der Waals surface area contributed by atoms with Crippen molar-refractivity contribution in [3.05, 3.63) is 12.2 Å². The lowest BCUT2D eigenvalue weighted by Gasteiger charge is -1.49. The van der Waals surface area contributed by atoms with Gasteiger partial charge in [-0.2, -0.15) is 0 Å². The standard InChI is InChI=1S/C4H8.C4H6.2CH4/c2*1-3-4-2;;/h3-4H,1-2H3;1-2H3;2*1H4. The van der Waals surface area contributed by atoms with Crippen molar-refractivity contribution in [3.63, 3.8) is 0 Å². The molecule has 0 atom stereocenters. The molecule has 0 saturated heterocycles. The normalized spacial score (nSPS) is 5.20. The van der Waals surface area contributed by atoms with E-state index in [4.69, 9.17) is 0 Å². The van der Waals surface area contributed by atoms with Gasteiger partial charge >= 0.3 is 0 Å². The molecule has 0 aliphatic rings. The molecular formula is C10H22. The highest BCUT2D eigenvalue weighted by atomic mass is 13.4. The van der Waals surface area contributed by atoms with Crippen LogP contribution in [-0.4, -0.2) is 0 Å². The lowest BCUT2D eigenvalue weighted by atomic mass is 10.6. The molecule has 0 aliphatic heterocycles. The molecule has 0 saturated carbocycles. The summed E-state index contributed by atoms with van der Waals surface area (Å²) >= 11 is 0. The van der Waals surface area contributed by atoms with E-state index in [1.54, 1.807) is 0 Å². The molecule has 0 heteroatoms. The van der Waals surface area contributed by atoms with Crippen LogP contribution in [0.5, 0.6) is 0 Å². The summed E-state index contributed by atoms with van der Waals surface area (Å²) < 4.78 is 0. The van der Waals surface area contributed by atoms with Crippen LogP contribution in [-0.2, 0) is 0 Å². The van der Waals surface area contributed by atoms with Gasteiger partial charge < -0.3 is 0 Å². The van der Waals surface area contributed by atoms with Gasteiger partial charge in [0.2, 0.25) is 0 Å². The monoisotopic (exact) mass is 142 g/mol. The molecule has 0 aromatic rings. The third kappa shape index (κ3) is 171. The molecule has 10 heavy (non-hydrogen) atoms. The summed E-state index contributed by atoms with van der Waals surface area (Å²) in [4.78, 5) is 0. The molecule has 0 unspecified atom stereocenters. The molecule has 0 nitrogen and oxygen atoms in total. The van der Waals surface area contributed by atoms with Gasteiger partial charge in [0, 0.05) is 0 Å². The van der Waals surface area contributed by atoms with Crippen molar-refractivity contribution in [2.24, 2.45) is 0 Å². The van der Waals surface area contributed by atoms with Crippen LogP contribution in [0.25, 0.3) is 0 Å². The molecule has 62 valence electrons. The first-order valence-corrected chi connectivity index (χ1v) is 2.74. The number of hydrogen-bond acceptors (Lipinski definition) is 0. The summed E-state index contributed by atoms with van der Waals surface area (Å²) in [5.74, 6) is 5.36. The van der Waals surface area contributed by atoms with Crippen molar-refractivity contribution in [3.8, 4) is 11.8 Å². The van der Waals surface area contributed by atoms with E-state index in [0.717, 1.165) is 0 Å². The number of hydrogen-bond donors (Lipinski definition) is 0. The van der Waals surface area contributed by atoms with Crippen molar-refractivity contribution >= 4 is 0 Å². The molecule has 0 aliphatic carbocycles. The quantitative estimate of drug-likeness (QED) is 0.355. The fourth-order valence-electron chi connectivity index (χ4n) is 0. The second-order valence-corrected chi connectivity index (χ2v) is 1.17. The third-order valence-electron chi connectivity index (χ3n) is 0.583. The van der Waals surface area contributed by atoms with Gasteiger partial charge in [-0.15, -0.1) is 11.8 Å². The Labute approximate surface area is 67.4 Å². The minimum atomic E-state index is 0. The van der Waals surface area contributed by atoms with Gasteiger partial charge in [-0.25, -0.2) is 0 Å². The Morgan fingerprint density at radius 2 is 1.00 bits per heavy atom. The van der Waals surface area contributed by atoms with Crippen LogP contribution in [0, 0.1) is 11.8 Å². The Balaban J connectivity index is -0.0000000300. The zero-order valence-corrected chi connectivity index (χ0v) is 6.15. The average molecular weight is 142 g/mol. The van der Waals surface area contributed by atoms with E-state index in [0.29, 0.717) is 0 Å². The molecule has 0 N–H and O–H groups in total. The van der Waals surface area contributed by atoms with Gasteiger partial charge in [-0.3, -0.25) is 0 Å². The number of rotatable bonds is 0. The fraction of sp³-hybridized carbons (Fsp3) is 0.600. The summed E-state index contributed by atoms with van der Waals surface area (Å²) in [7, 11) is 0. The van der Waals surface area contributed by atoms with Crippen LogP contribution in [0.1, 0.15) is 42.5 Å². The maximum Gasteiger partial charge on any atom is -0.00271 e. The van der Waals surface area contributed by atoms with Crippen LogP contribution in [0.4, 0.5) is 0 Å². The number of allylic oxidation sites excluding steroid dienone is 2. The summed E-state index contributed by atoms with van der Waals surface area (Å²) in [6, 6.07) is 0. The largest absolute Gasteiger partial charge is 0.107 e. The van der Waals surface area contributed by atoms with Crippen molar-refractivity contribution in [1.29, 1.82) is 0 Å². The van der Waals surface area contributed by atoms with Crippen LogP contribution in [0.2, 0.25) is 0 Å². The first-order chi connectivity index (χ1) is 3.83. The molecular weight excluding hydrogens is 120 g/mol. The highest BCUT2D eigenvalue weighted by Gasteiger charge is 1.34. The highest BCUT2D eigenvalue weighted by Crippen LogP contribution is 1.57. The van der Waals surface area contributed by atoms with Gasteiger partial charge in [0.25, 0.3) is 0 Å². The van der Waals surface area contributed by atoms with Gasteiger partial charge in [-0.05, 0) is 27.7 Å².